The van der Waals surface area contributed by atoms with Gasteiger partial charge in [0.15, 0.2) is 0 Å². The van der Waals surface area contributed by atoms with Crippen LogP contribution in [0.25, 0.3) is 10.9 Å². The molecular weight excluding hydrogens is 358 g/mol. The molecule has 0 aliphatic carbocycles. The van der Waals surface area contributed by atoms with Crippen molar-refractivity contribution in [2.24, 2.45) is 7.05 Å². The van der Waals surface area contributed by atoms with E-state index in [1.165, 1.54) is 43.5 Å². The van der Waals surface area contributed by atoms with Gasteiger partial charge in [0.1, 0.15) is 5.69 Å². The number of nitrogens with zero attached hydrogens (tertiary/aromatic N) is 2. The lowest BCUT2D eigenvalue weighted by Gasteiger charge is -2.28. The molecule has 2 heterocycles. The number of carbonyl (C=O) groups excluding carboxylic acids is 1. The fraction of sp³-hybridized carbons (Fsp3) is 0.400. The van der Waals surface area contributed by atoms with Crippen molar-refractivity contribution < 1.29 is 4.79 Å². The molecule has 0 bridgehead atoms. The average molecular weight is 390 g/mol. The van der Waals surface area contributed by atoms with Crippen LogP contribution in [-0.2, 0) is 7.05 Å². The Bertz CT molecular complexity index is 970. The summed E-state index contributed by atoms with van der Waals surface area (Å²) in [7, 11) is 1.97. The van der Waals surface area contributed by atoms with E-state index < -0.39 is 0 Å². The lowest BCUT2D eigenvalue weighted by atomic mass is 10.0. The van der Waals surface area contributed by atoms with Crippen molar-refractivity contribution in [3.05, 3.63) is 71.4 Å². The molecule has 3 aromatic rings. The molecule has 0 spiro atoms. The molecule has 152 valence electrons. The minimum atomic E-state index is -0.00569. The summed E-state index contributed by atoms with van der Waals surface area (Å²) < 4.78 is 2.00. The Balaban J connectivity index is 1.53. The Kier molecular flexibility index (Phi) is 6.00. The predicted molar refractivity (Wildman–Crippen MR) is 119 cm³/mol. The highest BCUT2D eigenvalue weighted by atomic mass is 16.2. The standard InChI is InChI=1S/C25H31N3O/c1-19-11-12-23-21(17-19)18-24(27(23)2)25(29)26-22(20-9-5-3-6-10-20)13-16-28-14-7-4-8-15-28/h3,5-6,9-12,17-18,22H,4,7-8,13-16H2,1-2H3,(H,26,29)/t22-/m1/s1. The summed E-state index contributed by atoms with van der Waals surface area (Å²) >= 11 is 0. The zero-order valence-electron chi connectivity index (χ0n) is 17.5. The van der Waals surface area contributed by atoms with Crippen LogP contribution >= 0.6 is 0 Å². The van der Waals surface area contributed by atoms with Gasteiger partial charge < -0.3 is 14.8 Å². The maximum absolute atomic E-state index is 13.2. The van der Waals surface area contributed by atoms with E-state index in [1.54, 1.807) is 0 Å². The molecule has 1 atom stereocenters. The number of nitrogens with one attached hydrogen (secondary N) is 1. The van der Waals surface area contributed by atoms with Gasteiger partial charge in [-0.25, -0.2) is 0 Å². The van der Waals surface area contributed by atoms with Gasteiger partial charge in [-0.15, -0.1) is 0 Å². The van der Waals surface area contributed by atoms with Crippen LogP contribution in [0.1, 0.15) is 53.3 Å². The maximum Gasteiger partial charge on any atom is 0.268 e. The van der Waals surface area contributed by atoms with Gasteiger partial charge >= 0.3 is 0 Å². The van der Waals surface area contributed by atoms with Crippen LogP contribution in [0, 0.1) is 6.92 Å². The third-order valence-electron chi connectivity index (χ3n) is 6.12. The van der Waals surface area contributed by atoms with Crippen LogP contribution < -0.4 is 5.32 Å². The number of aromatic nitrogens is 1. The van der Waals surface area contributed by atoms with Crippen LogP contribution in [0.5, 0.6) is 0 Å². The van der Waals surface area contributed by atoms with E-state index >= 15 is 0 Å². The van der Waals surface area contributed by atoms with Crippen LogP contribution in [0.15, 0.2) is 54.6 Å². The van der Waals surface area contributed by atoms with Gasteiger partial charge in [-0.3, -0.25) is 4.79 Å². The molecule has 0 radical (unpaired) electrons. The minimum Gasteiger partial charge on any atom is -0.344 e. The monoisotopic (exact) mass is 389 g/mol. The number of likely N-dealkylation sites (tertiary alicyclic amines) is 1. The Morgan fingerprint density at radius 1 is 1.03 bits per heavy atom. The van der Waals surface area contributed by atoms with Gasteiger partial charge in [-0.2, -0.15) is 0 Å². The summed E-state index contributed by atoms with van der Waals surface area (Å²) in [5, 5.41) is 4.43. The second-order valence-corrected chi connectivity index (χ2v) is 8.28. The second kappa shape index (κ2) is 8.83. The molecule has 4 heteroatoms. The molecular formula is C25H31N3O. The van der Waals surface area contributed by atoms with E-state index in [9.17, 15) is 4.79 Å². The molecule has 1 amide bonds. The Morgan fingerprint density at radius 2 is 1.79 bits per heavy atom. The van der Waals surface area contributed by atoms with E-state index in [0.29, 0.717) is 5.69 Å². The van der Waals surface area contributed by atoms with Crippen LogP contribution in [0.3, 0.4) is 0 Å². The number of amides is 1. The number of piperidine rings is 1. The molecule has 4 rings (SSSR count). The molecule has 1 aromatic heterocycles. The second-order valence-electron chi connectivity index (χ2n) is 8.28. The molecule has 1 fully saturated rings. The van der Waals surface area contributed by atoms with Crippen molar-refractivity contribution in [1.82, 2.24) is 14.8 Å². The number of aryl methyl sites for hydroxylation is 2. The topological polar surface area (TPSA) is 37.3 Å². The van der Waals surface area contributed by atoms with Gasteiger partial charge in [-0.1, -0.05) is 48.4 Å². The molecule has 2 aromatic carbocycles. The molecule has 0 saturated carbocycles. The largest absolute Gasteiger partial charge is 0.344 e. The average Bonchev–Trinajstić information content (AvgIpc) is 3.08. The molecule has 29 heavy (non-hydrogen) atoms. The van der Waals surface area contributed by atoms with Gasteiger partial charge in [-0.05, 0) is 63.0 Å². The summed E-state index contributed by atoms with van der Waals surface area (Å²) in [5.41, 5.74) is 4.18. The SMILES string of the molecule is Cc1ccc2c(c1)cc(C(=O)N[C@H](CCN1CCCCC1)c1ccccc1)n2C. The third-order valence-corrected chi connectivity index (χ3v) is 6.12. The fourth-order valence-corrected chi connectivity index (χ4v) is 4.42. The van der Waals surface area contributed by atoms with Crippen LogP contribution in [0.4, 0.5) is 0 Å². The number of carbonyl (C=O) groups is 1. The Hall–Kier alpha value is -2.59. The molecule has 1 aliphatic heterocycles. The lowest BCUT2D eigenvalue weighted by Crippen LogP contribution is -2.35. The summed E-state index contributed by atoms with van der Waals surface area (Å²) in [4.78, 5) is 15.7. The third kappa shape index (κ3) is 4.54. The van der Waals surface area contributed by atoms with Gasteiger partial charge in [0.25, 0.3) is 5.91 Å². The van der Waals surface area contributed by atoms with Crippen molar-refractivity contribution in [2.75, 3.05) is 19.6 Å². The quantitative estimate of drug-likeness (QED) is 0.655. The van der Waals surface area contributed by atoms with Crippen molar-refractivity contribution in [2.45, 2.75) is 38.6 Å². The normalized spacial score (nSPS) is 16.1. The highest BCUT2D eigenvalue weighted by molar-refractivity contribution is 5.99. The van der Waals surface area contributed by atoms with E-state index in [2.05, 4.69) is 59.6 Å². The number of rotatable bonds is 6. The summed E-state index contributed by atoms with van der Waals surface area (Å²) in [6, 6.07) is 18.7. The first-order valence-corrected chi connectivity index (χ1v) is 10.8. The molecule has 1 saturated heterocycles. The van der Waals surface area contributed by atoms with Crippen molar-refractivity contribution in [3.63, 3.8) is 0 Å². The highest BCUT2D eigenvalue weighted by Crippen LogP contribution is 2.23. The van der Waals surface area contributed by atoms with E-state index in [1.807, 2.05) is 23.7 Å². The zero-order chi connectivity index (χ0) is 20.2. The van der Waals surface area contributed by atoms with E-state index in [4.69, 9.17) is 0 Å². The van der Waals surface area contributed by atoms with Crippen molar-refractivity contribution in [3.8, 4) is 0 Å². The van der Waals surface area contributed by atoms with Gasteiger partial charge in [0, 0.05) is 24.5 Å². The number of hydrogen-bond donors (Lipinski definition) is 1. The van der Waals surface area contributed by atoms with Gasteiger partial charge in [0.05, 0.1) is 6.04 Å². The lowest BCUT2D eigenvalue weighted by molar-refractivity contribution is 0.0922. The first kappa shape index (κ1) is 19.7. The summed E-state index contributed by atoms with van der Waals surface area (Å²) in [5.74, 6) is -0.00569. The minimum absolute atomic E-state index is 0.00569. The Labute approximate surface area is 173 Å². The summed E-state index contributed by atoms with van der Waals surface area (Å²) in [6.45, 7) is 5.46. The molecule has 0 unspecified atom stereocenters. The number of hydrogen-bond acceptors (Lipinski definition) is 2. The first-order valence-electron chi connectivity index (χ1n) is 10.8. The number of fused-ring (bicyclic) bond motifs is 1. The van der Waals surface area contributed by atoms with Crippen molar-refractivity contribution >= 4 is 16.8 Å². The molecule has 4 nitrogen and oxygen atoms in total. The van der Waals surface area contributed by atoms with Crippen LogP contribution in [-0.4, -0.2) is 35.0 Å². The maximum atomic E-state index is 13.2. The Morgan fingerprint density at radius 3 is 2.55 bits per heavy atom. The van der Waals surface area contributed by atoms with Gasteiger partial charge in [0.2, 0.25) is 0 Å². The van der Waals surface area contributed by atoms with E-state index in [-0.39, 0.29) is 11.9 Å². The van der Waals surface area contributed by atoms with E-state index in [0.717, 1.165) is 23.9 Å². The summed E-state index contributed by atoms with van der Waals surface area (Å²) in [6.07, 6.45) is 4.85. The smallest absolute Gasteiger partial charge is 0.268 e. The first-order chi connectivity index (χ1) is 14.1. The highest BCUT2D eigenvalue weighted by Gasteiger charge is 2.20. The van der Waals surface area contributed by atoms with Crippen molar-refractivity contribution in [1.29, 1.82) is 0 Å². The number of benzene rings is 2. The molecule has 1 aliphatic rings. The van der Waals surface area contributed by atoms with Crippen LogP contribution in [0.2, 0.25) is 0 Å². The predicted octanol–water partition coefficient (Wildman–Crippen LogP) is 4.83. The zero-order valence-corrected chi connectivity index (χ0v) is 17.5. The fourth-order valence-electron chi connectivity index (χ4n) is 4.42. The molecule has 1 N–H and O–H groups in total.